The molecule has 2 heterocycles. The molecule has 1 aromatic heterocycles. The number of pyridine rings is 1. The van der Waals surface area contributed by atoms with Gasteiger partial charge >= 0.3 is 0 Å². The normalized spacial score (nSPS) is 20.3. The molecule has 1 atom stereocenters. The summed E-state index contributed by atoms with van der Waals surface area (Å²) in [5, 5.41) is 3.60. The minimum absolute atomic E-state index is 0.681. The molecule has 0 bridgehead atoms. The Morgan fingerprint density at radius 2 is 2.32 bits per heavy atom. The molecule has 1 saturated heterocycles. The second kappa shape index (κ2) is 7.01. The highest BCUT2D eigenvalue weighted by Crippen LogP contribution is 2.20. The van der Waals surface area contributed by atoms with Crippen molar-refractivity contribution in [3.8, 4) is 0 Å². The maximum absolute atomic E-state index is 4.52. The lowest BCUT2D eigenvalue weighted by atomic mass is 10.1. The first-order chi connectivity index (χ1) is 9.16. The van der Waals surface area contributed by atoms with Gasteiger partial charge in [-0.3, -0.25) is 9.88 Å². The van der Waals surface area contributed by atoms with E-state index in [9.17, 15) is 0 Å². The second-order valence-electron chi connectivity index (χ2n) is 6.09. The smallest absolute Gasteiger partial charge is 0.0573 e. The van der Waals surface area contributed by atoms with Gasteiger partial charge in [0.1, 0.15) is 0 Å². The van der Waals surface area contributed by atoms with Crippen molar-refractivity contribution < 1.29 is 0 Å². The first kappa shape index (κ1) is 14.5. The van der Waals surface area contributed by atoms with E-state index < -0.39 is 0 Å². The van der Waals surface area contributed by atoms with Gasteiger partial charge < -0.3 is 5.32 Å². The Kier molecular flexibility index (Phi) is 5.34. The minimum atomic E-state index is 0.681. The number of hydrogen-bond donors (Lipinski definition) is 1. The maximum Gasteiger partial charge on any atom is 0.0573 e. The van der Waals surface area contributed by atoms with Gasteiger partial charge in [0, 0.05) is 25.3 Å². The molecule has 0 saturated carbocycles. The SMILES string of the molecule is Cc1cccnc1CN1CCCC1CNCC(C)C. The number of aromatic nitrogens is 1. The number of aryl methyl sites for hydroxylation is 1. The zero-order valence-corrected chi connectivity index (χ0v) is 12.5. The third-order valence-electron chi connectivity index (χ3n) is 3.90. The van der Waals surface area contributed by atoms with Crippen LogP contribution in [0.15, 0.2) is 18.3 Å². The zero-order chi connectivity index (χ0) is 13.7. The lowest BCUT2D eigenvalue weighted by Crippen LogP contribution is -2.38. The van der Waals surface area contributed by atoms with Gasteiger partial charge in [0.15, 0.2) is 0 Å². The van der Waals surface area contributed by atoms with E-state index in [4.69, 9.17) is 0 Å². The van der Waals surface area contributed by atoms with Crippen molar-refractivity contribution in [2.75, 3.05) is 19.6 Å². The van der Waals surface area contributed by atoms with Crippen molar-refractivity contribution in [2.24, 2.45) is 5.92 Å². The van der Waals surface area contributed by atoms with E-state index >= 15 is 0 Å². The fourth-order valence-electron chi connectivity index (χ4n) is 2.75. The van der Waals surface area contributed by atoms with Crippen LogP contribution in [0.4, 0.5) is 0 Å². The van der Waals surface area contributed by atoms with Crippen LogP contribution in [0.5, 0.6) is 0 Å². The molecule has 2 rings (SSSR count). The van der Waals surface area contributed by atoms with E-state index in [-0.39, 0.29) is 0 Å². The summed E-state index contributed by atoms with van der Waals surface area (Å²) in [6.45, 7) is 11.1. The van der Waals surface area contributed by atoms with Gasteiger partial charge in [-0.2, -0.15) is 0 Å². The first-order valence-electron chi connectivity index (χ1n) is 7.52. The summed E-state index contributed by atoms with van der Waals surface area (Å²) >= 11 is 0. The average molecular weight is 261 g/mol. The molecule has 1 aromatic rings. The predicted octanol–water partition coefficient (Wildman–Crippen LogP) is 2.60. The topological polar surface area (TPSA) is 28.2 Å². The summed E-state index contributed by atoms with van der Waals surface area (Å²) in [7, 11) is 0. The van der Waals surface area contributed by atoms with E-state index in [1.807, 2.05) is 12.3 Å². The fourth-order valence-corrected chi connectivity index (χ4v) is 2.75. The van der Waals surface area contributed by atoms with Crippen LogP contribution in [0.3, 0.4) is 0 Å². The van der Waals surface area contributed by atoms with Crippen LogP contribution in [0.1, 0.15) is 37.9 Å². The molecule has 1 unspecified atom stereocenters. The van der Waals surface area contributed by atoms with Crippen LogP contribution in [0.25, 0.3) is 0 Å². The van der Waals surface area contributed by atoms with Crippen LogP contribution >= 0.6 is 0 Å². The van der Waals surface area contributed by atoms with Crippen LogP contribution < -0.4 is 5.32 Å². The third kappa shape index (κ3) is 4.29. The number of rotatable bonds is 6. The van der Waals surface area contributed by atoms with Crippen LogP contribution in [-0.4, -0.2) is 35.6 Å². The van der Waals surface area contributed by atoms with E-state index in [1.54, 1.807) is 0 Å². The summed E-state index contributed by atoms with van der Waals surface area (Å²) in [5.74, 6) is 0.730. The molecule has 0 amide bonds. The Bertz CT molecular complexity index is 389. The fraction of sp³-hybridized carbons (Fsp3) is 0.688. The van der Waals surface area contributed by atoms with Crippen molar-refractivity contribution in [1.29, 1.82) is 0 Å². The molecule has 0 spiro atoms. The number of hydrogen-bond acceptors (Lipinski definition) is 3. The zero-order valence-electron chi connectivity index (χ0n) is 12.5. The van der Waals surface area contributed by atoms with Gasteiger partial charge in [-0.15, -0.1) is 0 Å². The Labute approximate surface area is 117 Å². The molecule has 19 heavy (non-hydrogen) atoms. The molecular weight excluding hydrogens is 234 g/mol. The maximum atomic E-state index is 4.52. The van der Waals surface area contributed by atoms with Crippen LogP contribution in [0.2, 0.25) is 0 Å². The Morgan fingerprint density at radius 1 is 1.47 bits per heavy atom. The first-order valence-corrected chi connectivity index (χ1v) is 7.52. The third-order valence-corrected chi connectivity index (χ3v) is 3.90. The highest BCUT2D eigenvalue weighted by Gasteiger charge is 2.24. The van der Waals surface area contributed by atoms with Crippen molar-refractivity contribution >= 4 is 0 Å². The quantitative estimate of drug-likeness (QED) is 0.853. The molecule has 0 aliphatic carbocycles. The lowest BCUT2D eigenvalue weighted by Gasteiger charge is -2.25. The van der Waals surface area contributed by atoms with Gasteiger partial charge in [-0.1, -0.05) is 19.9 Å². The van der Waals surface area contributed by atoms with Crippen LogP contribution in [-0.2, 0) is 6.54 Å². The average Bonchev–Trinajstić information content (AvgIpc) is 2.79. The molecule has 3 heteroatoms. The Hall–Kier alpha value is -0.930. The summed E-state index contributed by atoms with van der Waals surface area (Å²) in [6, 6.07) is 4.86. The summed E-state index contributed by atoms with van der Waals surface area (Å²) < 4.78 is 0. The van der Waals surface area contributed by atoms with Gasteiger partial charge in [0.25, 0.3) is 0 Å². The summed E-state index contributed by atoms with van der Waals surface area (Å²) in [5.41, 5.74) is 2.54. The van der Waals surface area contributed by atoms with Crippen molar-refractivity contribution in [2.45, 2.75) is 46.2 Å². The van der Waals surface area contributed by atoms with Crippen LogP contribution in [0, 0.1) is 12.8 Å². The van der Waals surface area contributed by atoms with E-state index in [2.05, 4.69) is 42.0 Å². The molecule has 0 radical (unpaired) electrons. The van der Waals surface area contributed by atoms with Crippen molar-refractivity contribution in [3.05, 3.63) is 29.6 Å². The lowest BCUT2D eigenvalue weighted by molar-refractivity contribution is 0.234. The predicted molar refractivity (Wildman–Crippen MR) is 80.1 cm³/mol. The molecule has 1 fully saturated rings. The Morgan fingerprint density at radius 3 is 3.05 bits per heavy atom. The summed E-state index contributed by atoms with van der Waals surface area (Å²) in [4.78, 5) is 7.11. The standard InChI is InChI=1S/C16H27N3/c1-13(2)10-17-11-15-7-5-9-19(15)12-16-14(3)6-4-8-18-16/h4,6,8,13,15,17H,5,7,9-12H2,1-3H3. The number of likely N-dealkylation sites (tertiary alicyclic amines) is 1. The number of nitrogens with one attached hydrogen (secondary N) is 1. The van der Waals surface area contributed by atoms with E-state index in [0.29, 0.717) is 6.04 Å². The molecule has 106 valence electrons. The van der Waals surface area contributed by atoms with E-state index in [0.717, 1.165) is 25.6 Å². The highest BCUT2D eigenvalue weighted by atomic mass is 15.2. The molecule has 0 aromatic carbocycles. The molecule has 1 aliphatic rings. The van der Waals surface area contributed by atoms with Gasteiger partial charge in [0.05, 0.1) is 5.69 Å². The van der Waals surface area contributed by atoms with Gasteiger partial charge in [0.2, 0.25) is 0 Å². The second-order valence-corrected chi connectivity index (χ2v) is 6.09. The van der Waals surface area contributed by atoms with Crippen molar-refractivity contribution in [3.63, 3.8) is 0 Å². The molecule has 1 N–H and O–H groups in total. The van der Waals surface area contributed by atoms with Gasteiger partial charge in [-0.25, -0.2) is 0 Å². The molecular formula is C16H27N3. The molecule has 3 nitrogen and oxygen atoms in total. The molecule has 1 aliphatic heterocycles. The monoisotopic (exact) mass is 261 g/mol. The minimum Gasteiger partial charge on any atom is -0.315 e. The highest BCUT2D eigenvalue weighted by molar-refractivity contribution is 5.17. The Balaban J connectivity index is 1.87. The largest absolute Gasteiger partial charge is 0.315 e. The summed E-state index contributed by atoms with van der Waals surface area (Å²) in [6.07, 6.45) is 4.54. The van der Waals surface area contributed by atoms with E-state index in [1.165, 1.54) is 30.6 Å². The van der Waals surface area contributed by atoms with Gasteiger partial charge in [-0.05, 0) is 50.4 Å². The number of nitrogens with zero attached hydrogens (tertiary/aromatic N) is 2. The van der Waals surface area contributed by atoms with Crippen molar-refractivity contribution in [1.82, 2.24) is 15.2 Å².